The predicted octanol–water partition coefficient (Wildman–Crippen LogP) is 4.35. The van der Waals surface area contributed by atoms with E-state index in [1.165, 1.54) is 5.56 Å². The van der Waals surface area contributed by atoms with E-state index in [9.17, 15) is 9.59 Å². The Labute approximate surface area is 222 Å². The molecule has 38 heavy (non-hydrogen) atoms. The number of ether oxygens (including phenoxy) is 3. The van der Waals surface area contributed by atoms with Gasteiger partial charge in [-0.3, -0.25) is 9.59 Å². The van der Waals surface area contributed by atoms with E-state index in [1.54, 1.807) is 16.1 Å². The fraction of sp³-hybridized carbons (Fsp3) is 0.400. The van der Waals surface area contributed by atoms with Crippen LogP contribution in [0.5, 0.6) is 11.5 Å². The Morgan fingerprint density at radius 3 is 2.58 bits per heavy atom. The highest BCUT2D eigenvalue weighted by Gasteiger charge is 2.46. The summed E-state index contributed by atoms with van der Waals surface area (Å²) in [5, 5.41) is 0. The molecular formula is C30H32N2O6. The van der Waals surface area contributed by atoms with Gasteiger partial charge in [0.05, 0.1) is 25.5 Å². The molecule has 198 valence electrons. The molecule has 3 aliphatic rings. The second kappa shape index (κ2) is 10.9. The van der Waals surface area contributed by atoms with E-state index >= 15 is 0 Å². The van der Waals surface area contributed by atoms with Gasteiger partial charge in [-0.1, -0.05) is 36.4 Å². The number of hydrogen-bond acceptors (Lipinski definition) is 6. The number of rotatable bonds is 10. The molecule has 0 N–H and O–H groups in total. The first-order valence-electron chi connectivity index (χ1n) is 13.3. The second-order valence-corrected chi connectivity index (χ2v) is 10.2. The minimum atomic E-state index is -0.137. The van der Waals surface area contributed by atoms with Crippen LogP contribution in [0.3, 0.4) is 0 Å². The maximum absolute atomic E-state index is 13.8. The van der Waals surface area contributed by atoms with E-state index in [4.69, 9.17) is 18.6 Å². The van der Waals surface area contributed by atoms with Crippen molar-refractivity contribution in [1.29, 1.82) is 0 Å². The molecule has 6 rings (SSSR count). The SMILES string of the molecule is O=C(CN(CC1CCCO1)C(=O)C1C[C@H]1c1ccccc1)N(Cc1ccc2c(c1)OCO2)Cc1ccco1. The van der Waals surface area contributed by atoms with Gasteiger partial charge in [0.15, 0.2) is 11.5 Å². The van der Waals surface area contributed by atoms with E-state index in [-0.39, 0.29) is 43.1 Å². The Morgan fingerprint density at radius 2 is 1.79 bits per heavy atom. The molecule has 1 aliphatic carbocycles. The predicted molar refractivity (Wildman–Crippen MR) is 138 cm³/mol. The number of carbonyl (C=O) groups excluding carboxylic acids is 2. The van der Waals surface area contributed by atoms with Crippen molar-refractivity contribution in [3.8, 4) is 11.5 Å². The molecule has 0 spiro atoms. The lowest BCUT2D eigenvalue weighted by Gasteiger charge is -2.29. The van der Waals surface area contributed by atoms with Gasteiger partial charge < -0.3 is 28.4 Å². The highest BCUT2D eigenvalue weighted by atomic mass is 16.7. The molecule has 3 aromatic rings. The fourth-order valence-electron chi connectivity index (χ4n) is 5.38. The van der Waals surface area contributed by atoms with Gasteiger partial charge in [-0.15, -0.1) is 0 Å². The van der Waals surface area contributed by atoms with Crippen LogP contribution in [0, 0.1) is 5.92 Å². The number of benzene rings is 2. The van der Waals surface area contributed by atoms with Crippen LogP contribution in [0.1, 0.15) is 42.1 Å². The zero-order valence-corrected chi connectivity index (χ0v) is 21.3. The van der Waals surface area contributed by atoms with Crippen LogP contribution in [0.2, 0.25) is 0 Å². The first-order valence-corrected chi connectivity index (χ1v) is 13.3. The van der Waals surface area contributed by atoms with E-state index in [0.29, 0.717) is 43.5 Å². The number of carbonyl (C=O) groups is 2. The quantitative estimate of drug-likeness (QED) is 0.399. The zero-order chi connectivity index (χ0) is 25.9. The number of fused-ring (bicyclic) bond motifs is 1. The summed E-state index contributed by atoms with van der Waals surface area (Å²) in [5.41, 5.74) is 2.09. The van der Waals surface area contributed by atoms with E-state index in [0.717, 1.165) is 24.8 Å². The highest BCUT2D eigenvalue weighted by Crippen LogP contribution is 2.48. The van der Waals surface area contributed by atoms with E-state index in [1.807, 2.05) is 48.5 Å². The van der Waals surface area contributed by atoms with Crippen molar-refractivity contribution in [2.75, 3.05) is 26.5 Å². The smallest absolute Gasteiger partial charge is 0.242 e. The monoisotopic (exact) mass is 516 g/mol. The molecule has 2 aromatic carbocycles. The van der Waals surface area contributed by atoms with Crippen LogP contribution in [0.25, 0.3) is 0 Å². The third-order valence-electron chi connectivity index (χ3n) is 7.51. The first-order chi connectivity index (χ1) is 18.6. The summed E-state index contributed by atoms with van der Waals surface area (Å²) in [4.78, 5) is 30.9. The molecule has 1 saturated heterocycles. The van der Waals surface area contributed by atoms with Gasteiger partial charge in [0.25, 0.3) is 0 Å². The van der Waals surface area contributed by atoms with Crippen LogP contribution in [0.4, 0.5) is 0 Å². The van der Waals surface area contributed by atoms with Crippen molar-refractivity contribution in [2.45, 2.75) is 44.4 Å². The Bertz CT molecular complexity index is 1260. The molecule has 8 nitrogen and oxygen atoms in total. The standard InChI is InChI=1S/C30H32N2O6/c33-29(31(17-23-8-4-12-35-23)16-21-10-11-27-28(14-21)38-20-37-27)19-32(18-24-9-5-13-36-24)30(34)26-15-25(26)22-6-2-1-3-7-22/h1-4,6-8,10-12,14,24-26H,5,9,13,15-20H2/t24?,25-,26?/m0/s1. The van der Waals surface area contributed by atoms with E-state index < -0.39 is 0 Å². The summed E-state index contributed by atoms with van der Waals surface area (Å²) in [7, 11) is 0. The lowest BCUT2D eigenvalue weighted by atomic mass is 10.1. The van der Waals surface area contributed by atoms with Crippen LogP contribution < -0.4 is 9.47 Å². The number of furan rings is 1. The maximum Gasteiger partial charge on any atom is 0.242 e. The minimum absolute atomic E-state index is 0.00195. The molecule has 8 heteroatoms. The normalized spacial score (nSPS) is 21.3. The maximum atomic E-state index is 13.8. The average Bonchev–Trinajstić information content (AvgIpc) is 3.33. The molecule has 0 bridgehead atoms. The van der Waals surface area contributed by atoms with Gasteiger partial charge in [0, 0.05) is 25.6 Å². The van der Waals surface area contributed by atoms with Gasteiger partial charge in [-0.25, -0.2) is 0 Å². The second-order valence-electron chi connectivity index (χ2n) is 10.2. The van der Waals surface area contributed by atoms with Crippen LogP contribution >= 0.6 is 0 Å². The number of nitrogens with zero attached hydrogens (tertiary/aromatic N) is 2. The van der Waals surface area contributed by atoms with Crippen LogP contribution in [-0.2, 0) is 27.4 Å². The number of amides is 2. The summed E-state index contributed by atoms with van der Waals surface area (Å²) >= 11 is 0. The average molecular weight is 517 g/mol. The molecule has 2 unspecified atom stereocenters. The Morgan fingerprint density at radius 1 is 0.921 bits per heavy atom. The summed E-state index contributed by atoms with van der Waals surface area (Å²) in [6.45, 7) is 1.99. The summed E-state index contributed by atoms with van der Waals surface area (Å²) in [5.74, 6) is 2.05. The number of hydrogen-bond donors (Lipinski definition) is 0. The lowest BCUT2D eigenvalue weighted by molar-refractivity contribution is -0.143. The Kier molecular flexibility index (Phi) is 7.05. The molecule has 0 radical (unpaired) electrons. The molecule has 2 fully saturated rings. The first kappa shape index (κ1) is 24.6. The minimum Gasteiger partial charge on any atom is -0.467 e. The lowest BCUT2D eigenvalue weighted by Crippen LogP contribution is -2.46. The molecule has 3 atom stereocenters. The molecule has 2 amide bonds. The fourth-order valence-corrected chi connectivity index (χ4v) is 5.38. The summed E-state index contributed by atoms with van der Waals surface area (Å²) < 4.78 is 22.4. The largest absolute Gasteiger partial charge is 0.467 e. The van der Waals surface area contributed by atoms with Gasteiger partial charge >= 0.3 is 0 Å². The Balaban J connectivity index is 1.19. The molecule has 1 aromatic heterocycles. The third-order valence-corrected chi connectivity index (χ3v) is 7.51. The van der Waals surface area contributed by atoms with Crippen molar-refractivity contribution in [1.82, 2.24) is 9.80 Å². The topological polar surface area (TPSA) is 81.5 Å². The van der Waals surface area contributed by atoms with Crippen molar-refractivity contribution in [3.05, 3.63) is 83.8 Å². The summed E-state index contributed by atoms with van der Waals surface area (Å²) in [6, 6.07) is 19.5. The van der Waals surface area contributed by atoms with Crippen molar-refractivity contribution in [3.63, 3.8) is 0 Å². The van der Waals surface area contributed by atoms with Gasteiger partial charge in [-0.05, 0) is 60.6 Å². The summed E-state index contributed by atoms with van der Waals surface area (Å²) in [6.07, 6.45) is 4.26. The third kappa shape index (κ3) is 5.55. The van der Waals surface area contributed by atoms with E-state index in [2.05, 4.69) is 12.1 Å². The highest BCUT2D eigenvalue weighted by molar-refractivity contribution is 5.88. The van der Waals surface area contributed by atoms with Gasteiger partial charge in [0.1, 0.15) is 5.76 Å². The van der Waals surface area contributed by atoms with Gasteiger partial charge in [-0.2, -0.15) is 0 Å². The van der Waals surface area contributed by atoms with Gasteiger partial charge in [0.2, 0.25) is 18.6 Å². The van der Waals surface area contributed by atoms with Crippen molar-refractivity contribution >= 4 is 11.8 Å². The van der Waals surface area contributed by atoms with Crippen molar-refractivity contribution < 1.29 is 28.2 Å². The molecule has 1 saturated carbocycles. The molecular weight excluding hydrogens is 484 g/mol. The Hall–Kier alpha value is -3.78. The van der Waals surface area contributed by atoms with Crippen molar-refractivity contribution in [2.24, 2.45) is 5.92 Å². The van der Waals surface area contributed by atoms with Crippen LogP contribution in [-0.4, -0.2) is 54.2 Å². The zero-order valence-electron chi connectivity index (χ0n) is 21.3. The molecule has 2 aliphatic heterocycles. The molecule has 3 heterocycles. The van der Waals surface area contributed by atoms with Crippen LogP contribution in [0.15, 0.2) is 71.3 Å².